The molecule has 0 spiro atoms. The average Bonchev–Trinajstić information content (AvgIpc) is 2.78. The van der Waals surface area contributed by atoms with Crippen molar-refractivity contribution in [3.63, 3.8) is 0 Å². The summed E-state index contributed by atoms with van der Waals surface area (Å²) in [4.78, 5) is 36.3. The van der Waals surface area contributed by atoms with Crippen LogP contribution in [0.15, 0.2) is 54.8 Å². The molecule has 1 unspecified atom stereocenters. The zero-order chi connectivity index (χ0) is 23.3. The number of fused-ring (bicyclic) bond motifs is 6. The minimum absolute atomic E-state index is 0.0707. The standard InChI is InChI=1S/C25H18NO7/c1-3-6-14-12-20(28)33-25-21(14)23-16(24-22(25)18(27)11-13(2)31-24)9-10-19(32-23)15-7-4-5-8-17(15)26(29)30/h4-5,7-11,19H,3,6H2,1-2H3. The Kier molecular flexibility index (Phi) is 4.85. The Hall–Kier alpha value is -4.20. The van der Waals surface area contributed by atoms with Gasteiger partial charge in [-0.1, -0.05) is 25.5 Å². The molecule has 0 saturated heterocycles. The second-order valence-corrected chi connectivity index (χ2v) is 7.83. The van der Waals surface area contributed by atoms with E-state index in [0.29, 0.717) is 46.4 Å². The molecule has 0 aliphatic carbocycles. The van der Waals surface area contributed by atoms with Gasteiger partial charge in [0.15, 0.2) is 16.6 Å². The first-order chi connectivity index (χ1) is 15.9. The van der Waals surface area contributed by atoms with Crippen LogP contribution in [0.25, 0.3) is 28.0 Å². The normalized spacial score (nSPS) is 14.9. The first-order valence-electron chi connectivity index (χ1n) is 10.5. The maximum atomic E-state index is 12.9. The second-order valence-electron chi connectivity index (χ2n) is 7.83. The number of ether oxygens (including phenoxy) is 1. The van der Waals surface area contributed by atoms with Crippen LogP contribution in [0.1, 0.15) is 41.9 Å². The summed E-state index contributed by atoms with van der Waals surface area (Å²) in [5, 5.41) is 12.2. The number of hydrogen-bond donors (Lipinski definition) is 0. The van der Waals surface area contributed by atoms with Crippen LogP contribution < -0.4 is 15.8 Å². The Morgan fingerprint density at radius 1 is 1.12 bits per heavy atom. The number of hydrogen-bond acceptors (Lipinski definition) is 7. The SMILES string of the molecule is CCCc1[c]c(=O)oc2c1c1c(c3oc(C)cc(=O)c32)C=CC(c2ccccc2[N+](=O)[O-])O1. The van der Waals surface area contributed by atoms with Crippen LogP contribution in [0.5, 0.6) is 5.75 Å². The van der Waals surface area contributed by atoms with Crippen molar-refractivity contribution in [2.45, 2.75) is 32.8 Å². The lowest BCUT2D eigenvalue weighted by Gasteiger charge is -2.24. The Bertz CT molecular complexity index is 1590. The van der Waals surface area contributed by atoms with Gasteiger partial charge in [-0.15, -0.1) is 0 Å². The Balaban J connectivity index is 1.88. The van der Waals surface area contributed by atoms with Crippen LogP contribution in [0.2, 0.25) is 0 Å². The fourth-order valence-electron chi connectivity index (χ4n) is 4.28. The van der Waals surface area contributed by atoms with E-state index in [1.54, 1.807) is 37.3 Å². The summed E-state index contributed by atoms with van der Waals surface area (Å²) in [6, 6.07) is 10.4. The lowest BCUT2D eigenvalue weighted by atomic mass is 9.95. The second kappa shape index (κ2) is 7.74. The van der Waals surface area contributed by atoms with Crippen molar-refractivity contribution < 1.29 is 18.5 Å². The van der Waals surface area contributed by atoms with Gasteiger partial charge in [0.2, 0.25) is 0 Å². The van der Waals surface area contributed by atoms with Crippen LogP contribution in [-0.2, 0) is 6.42 Å². The lowest BCUT2D eigenvalue weighted by Crippen LogP contribution is -2.14. The van der Waals surface area contributed by atoms with Gasteiger partial charge < -0.3 is 13.6 Å². The summed E-state index contributed by atoms with van der Waals surface area (Å²) in [5.74, 6) is 0.724. The third kappa shape index (κ3) is 3.31. The summed E-state index contributed by atoms with van der Waals surface area (Å²) in [7, 11) is 0. The van der Waals surface area contributed by atoms with Crippen molar-refractivity contribution in [3.8, 4) is 5.75 Å². The number of para-hydroxylation sites is 1. The van der Waals surface area contributed by atoms with Crippen molar-refractivity contribution in [1.29, 1.82) is 0 Å². The van der Waals surface area contributed by atoms with Gasteiger partial charge in [0.1, 0.15) is 23.0 Å². The van der Waals surface area contributed by atoms with Gasteiger partial charge in [-0.2, -0.15) is 0 Å². The smallest absolute Gasteiger partial charge is 0.344 e. The molecule has 1 aliphatic rings. The number of nitrogens with zero attached hydrogens (tertiary/aromatic N) is 1. The molecule has 0 saturated carbocycles. The van der Waals surface area contributed by atoms with Crippen LogP contribution in [0.4, 0.5) is 5.69 Å². The zero-order valence-corrected chi connectivity index (χ0v) is 17.8. The molecule has 1 radical (unpaired) electrons. The predicted molar refractivity (Wildman–Crippen MR) is 122 cm³/mol. The molecule has 2 aromatic heterocycles. The summed E-state index contributed by atoms with van der Waals surface area (Å²) in [6.07, 6.45) is 3.86. The molecule has 0 bridgehead atoms. The van der Waals surface area contributed by atoms with Gasteiger partial charge >= 0.3 is 5.63 Å². The molecule has 5 rings (SSSR count). The van der Waals surface area contributed by atoms with Crippen molar-refractivity contribution in [1.82, 2.24) is 0 Å². The van der Waals surface area contributed by atoms with Crippen LogP contribution in [0.3, 0.4) is 0 Å². The van der Waals surface area contributed by atoms with Gasteiger partial charge in [-0.3, -0.25) is 14.9 Å². The highest BCUT2D eigenvalue weighted by Crippen LogP contribution is 2.45. The van der Waals surface area contributed by atoms with E-state index in [0.717, 1.165) is 0 Å². The first kappa shape index (κ1) is 20.7. The van der Waals surface area contributed by atoms with Crippen molar-refractivity contribution >= 4 is 33.7 Å². The minimum atomic E-state index is -0.766. The summed E-state index contributed by atoms with van der Waals surface area (Å²) < 4.78 is 17.6. The molecule has 0 fully saturated rings. The van der Waals surface area contributed by atoms with Crippen LogP contribution in [-0.4, -0.2) is 4.92 Å². The molecule has 2 aromatic carbocycles. The van der Waals surface area contributed by atoms with E-state index >= 15 is 0 Å². The van der Waals surface area contributed by atoms with Crippen molar-refractivity contribution in [2.75, 3.05) is 0 Å². The van der Waals surface area contributed by atoms with Crippen LogP contribution in [0, 0.1) is 23.1 Å². The number of benzene rings is 2. The zero-order valence-electron chi connectivity index (χ0n) is 17.8. The van der Waals surface area contributed by atoms with Gasteiger partial charge in [0, 0.05) is 12.1 Å². The topological polar surface area (TPSA) is 113 Å². The monoisotopic (exact) mass is 444 g/mol. The molecule has 3 heterocycles. The molecule has 33 heavy (non-hydrogen) atoms. The quantitative estimate of drug-likeness (QED) is 0.188. The third-order valence-electron chi connectivity index (χ3n) is 5.61. The van der Waals surface area contributed by atoms with Crippen molar-refractivity contribution in [3.05, 3.63) is 95.7 Å². The van der Waals surface area contributed by atoms with Crippen LogP contribution >= 0.6 is 0 Å². The van der Waals surface area contributed by atoms with E-state index in [2.05, 4.69) is 6.07 Å². The van der Waals surface area contributed by atoms with Gasteiger partial charge in [-0.25, -0.2) is 4.79 Å². The summed E-state index contributed by atoms with van der Waals surface area (Å²) in [6.45, 7) is 3.61. The molecule has 1 aliphatic heterocycles. The molecule has 0 N–H and O–H groups in total. The van der Waals surface area contributed by atoms with Crippen molar-refractivity contribution in [2.24, 2.45) is 0 Å². The molecular formula is C25H18NO7. The number of nitro benzene ring substituents is 1. The highest BCUT2D eigenvalue weighted by Gasteiger charge is 2.30. The first-order valence-corrected chi connectivity index (χ1v) is 10.5. The predicted octanol–water partition coefficient (Wildman–Crippen LogP) is 5.02. The minimum Gasteiger partial charge on any atom is -0.480 e. The van der Waals surface area contributed by atoms with E-state index in [4.69, 9.17) is 13.6 Å². The molecular weight excluding hydrogens is 426 g/mol. The molecule has 0 amide bonds. The largest absolute Gasteiger partial charge is 0.480 e. The molecule has 8 nitrogen and oxygen atoms in total. The fourth-order valence-corrected chi connectivity index (χ4v) is 4.28. The highest BCUT2D eigenvalue weighted by atomic mass is 16.6. The van der Waals surface area contributed by atoms with E-state index in [-0.39, 0.29) is 27.7 Å². The Labute approximate surface area is 186 Å². The summed E-state index contributed by atoms with van der Waals surface area (Å²) >= 11 is 0. The van der Waals surface area contributed by atoms with E-state index in [1.807, 2.05) is 6.92 Å². The third-order valence-corrected chi connectivity index (χ3v) is 5.61. The van der Waals surface area contributed by atoms with Gasteiger partial charge in [0.05, 0.1) is 27.5 Å². The van der Waals surface area contributed by atoms with E-state index in [1.165, 1.54) is 12.1 Å². The lowest BCUT2D eigenvalue weighted by molar-refractivity contribution is -0.386. The number of aryl methyl sites for hydroxylation is 2. The molecule has 8 heteroatoms. The average molecular weight is 444 g/mol. The molecule has 4 aromatic rings. The molecule has 1 atom stereocenters. The Morgan fingerprint density at radius 3 is 2.67 bits per heavy atom. The van der Waals surface area contributed by atoms with E-state index < -0.39 is 16.7 Å². The Morgan fingerprint density at radius 2 is 1.91 bits per heavy atom. The maximum Gasteiger partial charge on any atom is 0.344 e. The highest BCUT2D eigenvalue weighted by molar-refractivity contribution is 6.10. The number of rotatable bonds is 4. The van der Waals surface area contributed by atoms with E-state index in [9.17, 15) is 19.7 Å². The summed E-state index contributed by atoms with van der Waals surface area (Å²) in [5.41, 5.74) is 0.627. The fraction of sp³-hybridized carbons (Fsp3) is 0.200. The molecule has 165 valence electrons. The van der Waals surface area contributed by atoms with Gasteiger partial charge in [-0.05, 0) is 37.1 Å². The number of nitro groups is 1. The van der Waals surface area contributed by atoms with Gasteiger partial charge in [0.25, 0.3) is 5.69 Å². The maximum absolute atomic E-state index is 12.9.